The van der Waals surface area contributed by atoms with Crippen molar-refractivity contribution in [3.05, 3.63) is 144 Å². The van der Waals surface area contributed by atoms with Crippen molar-refractivity contribution < 1.29 is 4.74 Å². The molecule has 9 rings (SSSR count). The third-order valence-corrected chi connectivity index (χ3v) is 11.2. The van der Waals surface area contributed by atoms with Gasteiger partial charge in [0.2, 0.25) is 0 Å². The summed E-state index contributed by atoms with van der Waals surface area (Å²) in [6, 6.07) is 44.5. The number of thiophene rings is 1. The zero-order chi connectivity index (χ0) is 30.4. The Hall–Kier alpha value is -4.80. The quantitative estimate of drug-likeness (QED) is 0.188. The average molecular weight is 598 g/mol. The Balaban J connectivity index is 1.31. The lowest BCUT2D eigenvalue weighted by Gasteiger charge is -2.43. The fraction of sp³-hybridized carbons (Fsp3) is 0.122. The highest BCUT2D eigenvalue weighted by Gasteiger charge is 2.46. The molecule has 4 heteroatoms. The van der Waals surface area contributed by atoms with Gasteiger partial charge in [-0.25, -0.2) is 0 Å². The van der Waals surface area contributed by atoms with Crippen LogP contribution in [0.4, 0.5) is 17.1 Å². The fourth-order valence-electron chi connectivity index (χ4n) is 8.02. The molecule has 1 aromatic heterocycles. The second-order valence-electron chi connectivity index (χ2n) is 13.1. The van der Waals surface area contributed by atoms with Crippen LogP contribution < -0.4 is 26.0 Å². The molecule has 2 aliphatic rings. The molecule has 216 valence electrons. The monoisotopic (exact) mass is 597 g/mol. The third kappa shape index (κ3) is 3.82. The number of nitrogens with zero attached hydrogens (tertiary/aromatic N) is 1. The van der Waals surface area contributed by atoms with Gasteiger partial charge in [-0.3, -0.25) is 0 Å². The lowest BCUT2D eigenvalue weighted by Crippen LogP contribution is -2.62. The van der Waals surface area contributed by atoms with Crippen molar-refractivity contribution in [1.82, 2.24) is 0 Å². The smallest absolute Gasteiger partial charge is 0.251 e. The van der Waals surface area contributed by atoms with Crippen molar-refractivity contribution in [2.24, 2.45) is 0 Å². The molecule has 0 unspecified atom stereocenters. The summed E-state index contributed by atoms with van der Waals surface area (Å²) in [7, 11) is 0. The molecule has 0 atom stereocenters. The molecule has 0 amide bonds. The summed E-state index contributed by atoms with van der Waals surface area (Å²) in [6.45, 7) is 9.34. The molecule has 0 radical (unpaired) electrons. The highest BCUT2D eigenvalue weighted by atomic mass is 32.1. The van der Waals surface area contributed by atoms with Crippen LogP contribution in [0.2, 0.25) is 0 Å². The summed E-state index contributed by atoms with van der Waals surface area (Å²) in [4.78, 5) is 2.45. The topological polar surface area (TPSA) is 12.5 Å². The van der Waals surface area contributed by atoms with Gasteiger partial charge in [0.25, 0.3) is 6.71 Å². The van der Waals surface area contributed by atoms with Crippen LogP contribution in [0, 0.1) is 13.8 Å². The molecule has 0 bridgehead atoms. The molecule has 0 N–H and O–H groups in total. The lowest BCUT2D eigenvalue weighted by molar-refractivity contribution is 0.484. The SMILES string of the molecule is Cc1ccc2c(c1)B1c3ccc(N(c4ccccc4)c4cccc5c4sc4ccccc45)cc3C(C)(C)c3c(C)ccc(c31)O2. The van der Waals surface area contributed by atoms with Gasteiger partial charge < -0.3 is 9.64 Å². The maximum Gasteiger partial charge on any atom is 0.251 e. The van der Waals surface area contributed by atoms with Crippen LogP contribution in [0.15, 0.2) is 121 Å². The minimum Gasteiger partial charge on any atom is -0.458 e. The molecular weight excluding hydrogens is 565 g/mol. The zero-order valence-corrected chi connectivity index (χ0v) is 26.7. The number of fused-ring (bicyclic) bond motifs is 7. The summed E-state index contributed by atoms with van der Waals surface area (Å²) in [6.07, 6.45) is 0. The van der Waals surface area contributed by atoms with Crippen LogP contribution in [0.1, 0.15) is 36.1 Å². The molecule has 0 aliphatic carbocycles. The van der Waals surface area contributed by atoms with E-state index in [4.69, 9.17) is 4.74 Å². The van der Waals surface area contributed by atoms with E-state index < -0.39 is 0 Å². The predicted octanol–water partition coefficient (Wildman–Crippen LogP) is 9.40. The first-order valence-corrected chi connectivity index (χ1v) is 16.5. The molecule has 0 fully saturated rings. The molecule has 0 spiro atoms. The van der Waals surface area contributed by atoms with Crippen LogP contribution >= 0.6 is 11.3 Å². The molecule has 6 aromatic carbocycles. The Morgan fingerprint density at radius 3 is 2.31 bits per heavy atom. The van der Waals surface area contributed by atoms with Crippen LogP contribution in [0.5, 0.6) is 11.5 Å². The van der Waals surface area contributed by atoms with Gasteiger partial charge in [0, 0.05) is 32.3 Å². The number of hydrogen-bond acceptors (Lipinski definition) is 3. The van der Waals surface area contributed by atoms with Gasteiger partial charge >= 0.3 is 0 Å². The van der Waals surface area contributed by atoms with Gasteiger partial charge in [0.15, 0.2) is 0 Å². The summed E-state index contributed by atoms with van der Waals surface area (Å²) in [5, 5.41) is 2.62. The van der Waals surface area contributed by atoms with Crippen molar-refractivity contribution in [3.63, 3.8) is 0 Å². The Kier molecular flexibility index (Phi) is 5.67. The highest BCUT2D eigenvalue weighted by Crippen LogP contribution is 2.46. The lowest BCUT2D eigenvalue weighted by atomic mass is 9.30. The molecule has 7 aromatic rings. The van der Waals surface area contributed by atoms with Crippen molar-refractivity contribution in [2.45, 2.75) is 33.1 Å². The summed E-state index contributed by atoms with van der Waals surface area (Å²) < 4.78 is 9.20. The number of rotatable bonds is 3. The normalized spacial score (nSPS) is 14.1. The standard InChI is InChI=1S/C41H32BNOS/c1-25-17-21-35-33(23-25)42-32-20-19-28(24-31(32)41(3,4)38-26(2)18-22-36(44-35)39(38)42)43(27-11-6-5-7-12-27)34-15-10-14-30-29-13-8-9-16-37(29)45-40(30)34/h5-24H,1-4H3. The second-order valence-corrected chi connectivity index (χ2v) is 14.1. The van der Waals surface area contributed by atoms with E-state index in [9.17, 15) is 0 Å². The van der Waals surface area contributed by atoms with E-state index in [1.165, 1.54) is 70.2 Å². The fourth-order valence-corrected chi connectivity index (χ4v) is 9.23. The minimum atomic E-state index is -0.214. The number of ether oxygens (including phenoxy) is 1. The molecule has 2 nitrogen and oxygen atoms in total. The molecule has 3 heterocycles. The van der Waals surface area contributed by atoms with Gasteiger partial charge in [-0.15, -0.1) is 11.3 Å². The van der Waals surface area contributed by atoms with Crippen LogP contribution in [0.3, 0.4) is 0 Å². The van der Waals surface area contributed by atoms with E-state index in [1.807, 2.05) is 11.3 Å². The van der Waals surface area contributed by atoms with Gasteiger partial charge in [0.05, 0.1) is 10.4 Å². The van der Waals surface area contributed by atoms with E-state index in [0.717, 1.165) is 17.2 Å². The second kappa shape index (κ2) is 9.60. The number of aryl methyl sites for hydroxylation is 2. The van der Waals surface area contributed by atoms with E-state index in [0.29, 0.717) is 0 Å². The molecule has 2 aliphatic heterocycles. The first-order valence-electron chi connectivity index (χ1n) is 15.7. The van der Waals surface area contributed by atoms with E-state index in [1.54, 1.807) is 0 Å². The molecule has 0 saturated carbocycles. The van der Waals surface area contributed by atoms with Crippen LogP contribution in [-0.2, 0) is 5.41 Å². The van der Waals surface area contributed by atoms with Crippen LogP contribution in [-0.4, -0.2) is 6.71 Å². The summed E-state index contributed by atoms with van der Waals surface area (Å²) in [5.41, 5.74) is 12.6. The minimum absolute atomic E-state index is 0.131. The Morgan fingerprint density at radius 1 is 0.667 bits per heavy atom. The Labute approximate surface area is 268 Å². The first kappa shape index (κ1) is 26.6. The van der Waals surface area contributed by atoms with Crippen molar-refractivity contribution >= 4 is 71.7 Å². The molecule has 45 heavy (non-hydrogen) atoms. The van der Waals surface area contributed by atoms with E-state index in [-0.39, 0.29) is 12.1 Å². The third-order valence-electron chi connectivity index (χ3n) is 9.94. The Bertz CT molecular complexity index is 2320. The summed E-state index contributed by atoms with van der Waals surface area (Å²) >= 11 is 1.88. The number of para-hydroxylation sites is 1. The van der Waals surface area contributed by atoms with Gasteiger partial charge in [-0.2, -0.15) is 0 Å². The Morgan fingerprint density at radius 2 is 1.44 bits per heavy atom. The van der Waals surface area contributed by atoms with Gasteiger partial charge in [-0.1, -0.05) is 97.7 Å². The molecular formula is C41H32BNOS. The van der Waals surface area contributed by atoms with Gasteiger partial charge in [0.1, 0.15) is 11.5 Å². The predicted molar refractivity (Wildman–Crippen MR) is 193 cm³/mol. The molecule has 0 saturated heterocycles. The summed E-state index contributed by atoms with van der Waals surface area (Å²) in [5.74, 6) is 1.95. The largest absolute Gasteiger partial charge is 0.458 e. The maximum absolute atomic E-state index is 6.58. The van der Waals surface area contributed by atoms with E-state index >= 15 is 0 Å². The van der Waals surface area contributed by atoms with Crippen molar-refractivity contribution in [1.29, 1.82) is 0 Å². The number of benzene rings is 6. The average Bonchev–Trinajstić information content (AvgIpc) is 3.44. The van der Waals surface area contributed by atoms with Crippen molar-refractivity contribution in [2.75, 3.05) is 4.90 Å². The number of anilines is 3. The van der Waals surface area contributed by atoms with Crippen molar-refractivity contribution in [3.8, 4) is 11.5 Å². The maximum atomic E-state index is 6.58. The van der Waals surface area contributed by atoms with Crippen LogP contribution in [0.25, 0.3) is 20.2 Å². The zero-order valence-electron chi connectivity index (χ0n) is 25.9. The van der Waals surface area contributed by atoms with Gasteiger partial charge in [-0.05, 0) is 90.0 Å². The highest BCUT2D eigenvalue weighted by molar-refractivity contribution is 7.26. The van der Waals surface area contributed by atoms with E-state index in [2.05, 4.69) is 154 Å². The first-order chi connectivity index (χ1) is 21.9. The number of hydrogen-bond donors (Lipinski definition) is 0.